The number of hydrogen-bond acceptors (Lipinski definition) is 3. The number of carbonyl (C=O) groups is 1. The van der Waals surface area contributed by atoms with Crippen molar-refractivity contribution in [2.24, 2.45) is 5.73 Å². The Morgan fingerprint density at radius 1 is 1.39 bits per heavy atom. The van der Waals surface area contributed by atoms with Gasteiger partial charge >= 0.3 is 0 Å². The Balaban J connectivity index is 2.21. The number of nitrogens with two attached hydrogens (primary N) is 1. The van der Waals surface area contributed by atoms with Gasteiger partial charge in [0.2, 0.25) is 0 Å². The van der Waals surface area contributed by atoms with E-state index in [4.69, 9.17) is 10.5 Å². The molecule has 18 heavy (non-hydrogen) atoms. The maximum absolute atomic E-state index is 12.4. The number of rotatable bonds is 2. The molecule has 1 saturated heterocycles. The molecule has 0 aromatic heterocycles. The molecule has 0 spiro atoms. The molecule has 4 heteroatoms. The predicted molar refractivity (Wildman–Crippen MR) is 70.7 cm³/mol. The third-order valence-corrected chi connectivity index (χ3v) is 3.85. The van der Waals surface area contributed by atoms with E-state index in [1.165, 1.54) is 0 Å². The minimum Gasteiger partial charge on any atom is -0.497 e. The summed E-state index contributed by atoms with van der Waals surface area (Å²) in [5.74, 6) is 0.791. The first-order valence-corrected chi connectivity index (χ1v) is 6.18. The number of amides is 1. The second kappa shape index (κ2) is 4.61. The van der Waals surface area contributed by atoms with Crippen LogP contribution in [-0.4, -0.2) is 36.0 Å². The highest BCUT2D eigenvalue weighted by molar-refractivity contribution is 5.95. The molecule has 4 nitrogen and oxygen atoms in total. The number of nitrogens with zero attached hydrogens (tertiary/aromatic N) is 1. The van der Waals surface area contributed by atoms with Crippen LogP contribution in [0.15, 0.2) is 24.3 Å². The maximum Gasteiger partial charge on any atom is 0.254 e. The molecule has 1 aromatic carbocycles. The van der Waals surface area contributed by atoms with Gasteiger partial charge in [0, 0.05) is 18.2 Å². The molecule has 1 amide bonds. The van der Waals surface area contributed by atoms with Gasteiger partial charge in [0.15, 0.2) is 0 Å². The summed E-state index contributed by atoms with van der Waals surface area (Å²) in [7, 11) is 1.61. The van der Waals surface area contributed by atoms with Crippen molar-refractivity contribution in [3.8, 4) is 5.75 Å². The highest BCUT2D eigenvalue weighted by atomic mass is 16.5. The standard InChI is InChI=1S/C14H20N2O2/c1-14(2)12(15)8-9-16(14)13(17)10-4-6-11(18-3)7-5-10/h4-7,12H,8-9,15H2,1-3H3. The molecule has 1 aliphatic rings. The van der Waals surface area contributed by atoms with Crippen LogP contribution in [-0.2, 0) is 0 Å². The lowest BCUT2D eigenvalue weighted by Crippen LogP contribution is -2.51. The summed E-state index contributed by atoms with van der Waals surface area (Å²) in [6, 6.07) is 7.23. The van der Waals surface area contributed by atoms with Crippen molar-refractivity contribution < 1.29 is 9.53 Å². The molecule has 0 saturated carbocycles. The van der Waals surface area contributed by atoms with E-state index in [-0.39, 0.29) is 17.5 Å². The van der Waals surface area contributed by atoms with Gasteiger partial charge in [0.05, 0.1) is 12.6 Å². The Kier molecular flexibility index (Phi) is 3.30. The summed E-state index contributed by atoms with van der Waals surface area (Å²) < 4.78 is 5.09. The van der Waals surface area contributed by atoms with Crippen molar-refractivity contribution in [1.29, 1.82) is 0 Å². The maximum atomic E-state index is 12.4. The van der Waals surface area contributed by atoms with Gasteiger partial charge in [-0.2, -0.15) is 0 Å². The summed E-state index contributed by atoms with van der Waals surface area (Å²) >= 11 is 0. The van der Waals surface area contributed by atoms with E-state index < -0.39 is 0 Å². The van der Waals surface area contributed by atoms with Crippen LogP contribution in [0.25, 0.3) is 0 Å². The topological polar surface area (TPSA) is 55.6 Å². The van der Waals surface area contributed by atoms with Crippen molar-refractivity contribution in [1.82, 2.24) is 4.90 Å². The molecule has 2 N–H and O–H groups in total. The van der Waals surface area contributed by atoms with Gasteiger partial charge in [-0.05, 0) is 44.5 Å². The number of likely N-dealkylation sites (tertiary alicyclic amines) is 1. The first kappa shape index (κ1) is 12.9. The van der Waals surface area contributed by atoms with Crippen molar-refractivity contribution >= 4 is 5.91 Å². The summed E-state index contributed by atoms with van der Waals surface area (Å²) in [6.45, 7) is 4.76. The Morgan fingerprint density at radius 2 is 2.00 bits per heavy atom. The van der Waals surface area contributed by atoms with Crippen LogP contribution in [0.4, 0.5) is 0 Å². The summed E-state index contributed by atoms with van der Waals surface area (Å²) in [4.78, 5) is 14.3. The Hall–Kier alpha value is -1.55. The fourth-order valence-electron chi connectivity index (χ4n) is 2.36. The van der Waals surface area contributed by atoms with E-state index in [9.17, 15) is 4.79 Å². The van der Waals surface area contributed by atoms with Gasteiger partial charge in [-0.3, -0.25) is 4.79 Å². The number of ether oxygens (including phenoxy) is 1. The fraction of sp³-hybridized carbons (Fsp3) is 0.500. The summed E-state index contributed by atoms with van der Waals surface area (Å²) in [5, 5.41) is 0. The molecule has 1 fully saturated rings. The monoisotopic (exact) mass is 248 g/mol. The molecule has 2 rings (SSSR count). The smallest absolute Gasteiger partial charge is 0.254 e. The lowest BCUT2D eigenvalue weighted by atomic mass is 9.96. The van der Waals surface area contributed by atoms with Crippen LogP contribution >= 0.6 is 0 Å². The van der Waals surface area contributed by atoms with Crippen molar-refractivity contribution in [3.63, 3.8) is 0 Å². The lowest BCUT2D eigenvalue weighted by molar-refractivity contribution is 0.0637. The molecule has 0 aliphatic carbocycles. The molecule has 1 aromatic rings. The molecule has 1 heterocycles. The number of benzene rings is 1. The normalized spacial score (nSPS) is 22.0. The molecular formula is C14H20N2O2. The largest absolute Gasteiger partial charge is 0.497 e. The van der Waals surface area contributed by atoms with Crippen molar-refractivity contribution in [2.45, 2.75) is 31.8 Å². The van der Waals surface area contributed by atoms with Gasteiger partial charge in [-0.25, -0.2) is 0 Å². The van der Waals surface area contributed by atoms with Gasteiger partial charge in [0.1, 0.15) is 5.75 Å². The van der Waals surface area contributed by atoms with Crippen LogP contribution < -0.4 is 10.5 Å². The van der Waals surface area contributed by atoms with Gasteiger partial charge < -0.3 is 15.4 Å². The number of hydrogen-bond donors (Lipinski definition) is 1. The third kappa shape index (κ3) is 2.08. The van der Waals surface area contributed by atoms with Crippen LogP contribution in [0.5, 0.6) is 5.75 Å². The van der Waals surface area contributed by atoms with E-state index in [0.29, 0.717) is 5.56 Å². The molecule has 0 radical (unpaired) electrons. The minimum atomic E-state index is -0.281. The first-order valence-electron chi connectivity index (χ1n) is 6.18. The van der Waals surface area contributed by atoms with Crippen molar-refractivity contribution in [3.05, 3.63) is 29.8 Å². The molecule has 1 aliphatic heterocycles. The van der Waals surface area contributed by atoms with Crippen LogP contribution in [0.2, 0.25) is 0 Å². The zero-order valence-electron chi connectivity index (χ0n) is 11.1. The second-order valence-corrected chi connectivity index (χ2v) is 5.23. The minimum absolute atomic E-state index is 0.0376. The Morgan fingerprint density at radius 3 is 2.44 bits per heavy atom. The molecule has 0 bridgehead atoms. The Bertz CT molecular complexity index is 440. The van der Waals surface area contributed by atoms with E-state index in [1.807, 2.05) is 18.7 Å². The van der Waals surface area contributed by atoms with E-state index in [1.54, 1.807) is 31.4 Å². The van der Waals surface area contributed by atoms with Gasteiger partial charge in [-0.15, -0.1) is 0 Å². The van der Waals surface area contributed by atoms with Gasteiger partial charge in [0.25, 0.3) is 5.91 Å². The summed E-state index contributed by atoms with van der Waals surface area (Å²) in [6.07, 6.45) is 0.856. The lowest BCUT2D eigenvalue weighted by Gasteiger charge is -2.34. The highest BCUT2D eigenvalue weighted by Gasteiger charge is 2.41. The molecule has 1 unspecified atom stereocenters. The average molecular weight is 248 g/mol. The second-order valence-electron chi connectivity index (χ2n) is 5.23. The fourth-order valence-corrected chi connectivity index (χ4v) is 2.36. The average Bonchev–Trinajstić information content (AvgIpc) is 2.63. The van der Waals surface area contributed by atoms with E-state index >= 15 is 0 Å². The quantitative estimate of drug-likeness (QED) is 0.865. The Labute approximate surface area is 108 Å². The van der Waals surface area contributed by atoms with Gasteiger partial charge in [-0.1, -0.05) is 0 Å². The number of methoxy groups -OCH3 is 1. The predicted octanol–water partition coefficient (Wildman–Crippen LogP) is 1.65. The van der Waals surface area contributed by atoms with E-state index in [2.05, 4.69) is 0 Å². The van der Waals surface area contributed by atoms with Crippen molar-refractivity contribution in [2.75, 3.05) is 13.7 Å². The first-order chi connectivity index (χ1) is 8.46. The molecule has 98 valence electrons. The van der Waals surface area contributed by atoms with Crippen LogP contribution in [0, 0.1) is 0 Å². The zero-order chi connectivity index (χ0) is 13.3. The zero-order valence-corrected chi connectivity index (χ0v) is 11.1. The molecule has 1 atom stereocenters. The molecular weight excluding hydrogens is 228 g/mol. The van der Waals surface area contributed by atoms with Crippen LogP contribution in [0.1, 0.15) is 30.6 Å². The van der Waals surface area contributed by atoms with E-state index in [0.717, 1.165) is 18.7 Å². The number of carbonyl (C=O) groups excluding carboxylic acids is 1. The van der Waals surface area contributed by atoms with Crippen LogP contribution in [0.3, 0.4) is 0 Å². The summed E-state index contributed by atoms with van der Waals surface area (Å²) in [5.41, 5.74) is 6.45. The SMILES string of the molecule is COc1ccc(C(=O)N2CCC(N)C2(C)C)cc1. The highest BCUT2D eigenvalue weighted by Crippen LogP contribution is 2.29. The third-order valence-electron chi connectivity index (χ3n) is 3.85.